The van der Waals surface area contributed by atoms with E-state index in [4.69, 9.17) is 9.94 Å². The lowest BCUT2D eigenvalue weighted by Crippen LogP contribution is -2.51. The lowest BCUT2D eigenvalue weighted by atomic mass is 10.1. The Bertz CT molecular complexity index is 374. The Labute approximate surface area is 105 Å². The molecule has 1 saturated heterocycles. The molecule has 0 aliphatic carbocycles. The summed E-state index contributed by atoms with van der Waals surface area (Å²) in [6.45, 7) is 6.09. The monoisotopic (exact) mass is 255 g/mol. The summed E-state index contributed by atoms with van der Waals surface area (Å²) < 4.78 is 0. The van der Waals surface area contributed by atoms with Crippen molar-refractivity contribution in [3.8, 4) is 0 Å². The highest BCUT2D eigenvalue weighted by Crippen LogP contribution is 2.15. The van der Waals surface area contributed by atoms with Crippen molar-refractivity contribution < 1.29 is 19.5 Å². The zero-order chi connectivity index (χ0) is 13.1. The summed E-state index contributed by atoms with van der Waals surface area (Å²) in [5.41, 5.74) is -0.0828. The number of rotatable bonds is 3. The van der Waals surface area contributed by atoms with Crippen molar-refractivity contribution in [3.63, 3.8) is 0 Å². The number of carbonyl (C=O) groups excluding carboxylic acids is 1. The maximum absolute atomic E-state index is 12.1. The van der Waals surface area contributed by atoms with E-state index in [2.05, 4.69) is 17.0 Å². The zero-order valence-corrected chi connectivity index (χ0v) is 10.3. The van der Waals surface area contributed by atoms with Crippen molar-refractivity contribution in [2.45, 2.75) is 19.4 Å². The van der Waals surface area contributed by atoms with Crippen molar-refractivity contribution in [1.29, 1.82) is 0 Å². The first kappa shape index (κ1) is 12.8. The molecule has 2 aliphatic rings. The van der Waals surface area contributed by atoms with Crippen LogP contribution in [-0.4, -0.2) is 71.3 Å². The summed E-state index contributed by atoms with van der Waals surface area (Å²) in [5.74, 6) is -1.29. The van der Waals surface area contributed by atoms with Crippen LogP contribution in [-0.2, 0) is 14.4 Å². The number of oxime groups is 1. The van der Waals surface area contributed by atoms with Crippen molar-refractivity contribution in [2.24, 2.45) is 5.16 Å². The summed E-state index contributed by atoms with van der Waals surface area (Å²) in [6, 6.07) is 0. The number of hydrogen-bond acceptors (Lipinski definition) is 5. The third-order valence-electron chi connectivity index (χ3n) is 3.32. The molecule has 0 aromatic carbocycles. The molecule has 1 unspecified atom stereocenters. The second-order valence-electron chi connectivity index (χ2n) is 4.40. The molecule has 1 N–H and O–H groups in total. The summed E-state index contributed by atoms with van der Waals surface area (Å²) in [6.07, 6.45) is -0.702. The second kappa shape index (κ2) is 5.34. The van der Waals surface area contributed by atoms with Gasteiger partial charge in [-0.1, -0.05) is 12.1 Å². The number of amides is 1. The Balaban J connectivity index is 1.85. The van der Waals surface area contributed by atoms with Crippen LogP contribution in [0.2, 0.25) is 0 Å². The van der Waals surface area contributed by atoms with E-state index in [0.717, 1.165) is 19.6 Å². The molecule has 7 heteroatoms. The van der Waals surface area contributed by atoms with Crippen LogP contribution < -0.4 is 0 Å². The molecule has 18 heavy (non-hydrogen) atoms. The highest BCUT2D eigenvalue weighted by atomic mass is 16.6. The Morgan fingerprint density at radius 3 is 2.56 bits per heavy atom. The van der Waals surface area contributed by atoms with Gasteiger partial charge in [-0.15, -0.1) is 0 Å². The Hall–Kier alpha value is -1.63. The third kappa shape index (κ3) is 2.61. The fraction of sp³-hybridized carbons (Fsp3) is 0.727. The van der Waals surface area contributed by atoms with Gasteiger partial charge in [-0.3, -0.25) is 4.79 Å². The Morgan fingerprint density at radius 1 is 1.39 bits per heavy atom. The molecule has 1 fully saturated rings. The van der Waals surface area contributed by atoms with Crippen LogP contribution >= 0.6 is 0 Å². The van der Waals surface area contributed by atoms with Crippen molar-refractivity contribution in [1.82, 2.24) is 9.80 Å². The van der Waals surface area contributed by atoms with E-state index in [0.29, 0.717) is 13.1 Å². The molecule has 100 valence electrons. The summed E-state index contributed by atoms with van der Waals surface area (Å²) in [4.78, 5) is 31.6. The molecule has 2 aliphatic heterocycles. The Kier molecular flexibility index (Phi) is 3.81. The second-order valence-corrected chi connectivity index (χ2v) is 4.40. The molecular weight excluding hydrogens is 238 g/mol. The highest BCUT2D eigenvalue weighted by Gasteiger charge is 2.35. The molecule has 0 aromatic rings. The number of hydrogen-bond donors (Lipinski definition) is 1. The Morgan fingerprint density at radius 2 is 2.06 bits per heavy atom. The van der Waals surface area contributed by atoms with Crippen LogP contribution in [0.1, 0.15) is 13.3 Å². The van der Waals surface area contributed by atoms with Gasteiger partial charge < -0.3 is 19.7 Å². The molecule has 7 nitrogen and oxygen atoms in total. The number of piperazine rings is 1. The van der Waals surface area contributed by atoms with Gasteiger partial charge in [0.15, 0.2) is 5.71 Å². The van der Waals surface area contributed by atoms with Crippen molar-refractivity contribution in [2.75, 3.05) is 32.7 Å². The van der Waals surface area contributed by atoms with E-state index in [1.165, 1.54) is 0 Å². The van der Waals surface area contributed by atoms with Gasteiger partial charge in [0.1, 0.15) is 0 Å². The number of aliphatic carboxylic acids is 1. The third-order valence-corrected chi connectivity index (χ3v) is 3.32. The SMILES string of the molecule is CCN1CCN(C(=O)C2CC(C(=O)O)=NO2)CC1. The minimum Gasteiger partial charge on any atom is -0.477 e. The van der Waals surface area contributed by atoms with E-state index in [1.54, 1.807) is 4.90 Å². The van der Waals surface area contributed by atoms with Gasteiger partial charge in [0.2, 0.25) is 6.10 Å². The molecule has 0 bridgehead atoms. The molecule has 2 rings (SSSR count). The van der Waals surface area contributed by atoms with Crippen LogP contribution in [0.3, 0.4) is 0 Å². The number of likely N-dealkylation sites (N-methyl/N-ethyl adjacent to an activating group) is 1. The quantitative estimate of drug-likeness (QED) is 0.726. The van der Waals surface area contributed by atoms with Gasteiger partial charge in [0, 0.05) is 32.6 Å². The average Bonchev–Trinajstić information content (AvgIpc) is 2.88. The first-order valence-corrected chi connectivity index (χ1v) is 6.09. The maximum atomic E-state index is 12.1. The topological polar surface area (TPSA) is 82.4 Å². The fourth-order valence-electron chi connectivity index (χ4n) is 2.12. The summed E-state index contributed by atoms with van der Waals surface area (Å²) in [5, 5.41) is 12.2. The number of carbonyl (C=O) groups is 2. The van der Waals surface area contributed by atoms with E-state index in [-0.39, 0.29) is 18.0 Å². The molecule has 0 aromatic heterocycles. The van der Waals surface area contributed by atoms with Crippen LogP contribution in [0.5, 0.6) is 0 Å². The van der Waals surface area contributed by atoms with E-state index in [9.17, 15) is 9.59 Å². The normalized spacial score (nSPS) is 24.6. The molecule has 0 radical (unpaired) electrons. The highest BCUT2D eigenvalue weighted by molar-refractivity contribution is 6.36. The number of carboxylic acids is 1. The van der Waals surface area contributed by atoms with Crippen LogP contribution in [0.4, 0.5) is 0 Å². The van der Waals surface area contributed by atoms with Gasteiger partial charge in [-0.05, 0) is 6.54 Å². The van der Waals surface area contributed by atoms with Crippen LogP contribution in [0.25, 0.3) is 0 Å². The van der Waals surface area contributed by atoms with Crippen LogP contribution in [0, 0.1) is 0 Å². The number of nitrogens with zero attached hydrogens (tertiary/aromatic N) is 3. The van der Waals surface area contributed by atoms with Crippen molar-refractivity contribution in [3.05, 3.63) is 0 Å². The smallest absolute Gasteiger partial charge is 0.353 e. The predicted molar refractivity (Wildman–Crippen MR) is 63.3 cm³/mol. The minimum atomic E-state index is -1.12. The lowest BCUT2D eigenvalue weighted by molar-refractivity contribution is -0.143. The molecule has 0 saturated carbocycles. The van der Waals surface area contributed by atoms with E-state index in [1.807, 2.05) is 0 Å². The van der Waals surface area contributed by atoms with Crippen molar-refractivity contribution >= 4 is 17.6 Å². The van der Waals surface area contributed by atoms with Gasteiger partial charge in [0.05, 0.1) is 0 Å². The van der Waals surface area contributed by atoms with Gasteiger partial charge >= 0.3 is 5.97 Å². The summed E-state index contributed by atoms with van der Waals surface area (Å²) in [7, 11) is 0. The largest absolute Gasteiger partial charge is 0.477 e. The zero-order valence-electron chi connectivity index (χ0n) is 10.3. The summed E-state index contributed by atoms with van der Waals surface area (Å²) >= 11 is 0. The first-order chi connectivity index (χ1) is 8.61. The van der Waals surface area contributed by atoms with Gasteiger partial charge in [-0.25, -0.2) is 4.79 Å². The van der Waals surface area contributed by atoms with Gasteiger partial charge in [0.25, 0.3) is 5.91 Å². The molecule has 2 heterocycles. The lowest BCUT2D eigenvalue weighted by Gasteiger charge is -2.34. The van der Waals surface area contributed by atoms with Crippen LogP contribution in [0.15, 0.2) is 5.16 Å². The molecule has 1 amide bonds. The van der Waals surface area contributed by atoms with E-state index >= 15 is 0 Å². The van der Waals surface area contributed by atoms with Gasteiger partial charge in [-0.2, -0.15) is 0 Å². The average molecular weight is 255 g/mol. The molecule has 1 atom stereocenters. The maximum Gasteiger partial charge on any atom is 0.353 e. The van der Waals surface area contributed by atoms with E-state index < -0.39 is 12.1 Å². The predicted octanol–water partition coefficient (Wildman–Crippen LogP) is -0.620. The fourth-order valence-corrected chi connectivity index (χ4v) is 2.12. The molecular formula is C11H17N3O4. The number of carboxylic acid groups (broad SMARTS) is 1. The molecule has 0 spiro atoms. The minimum absolute atomic E-state index is 0.0577. The standard InChI is InChI=1S/C11H17N3O4/c1-2-13-3-5-14(6-4-13)10(15)9-7-8(11(16)17)12-18-9/h9H,2-7H2,1H3,(H,16,17). The first-order valence-electron chi connectivity index (χ1n) is 6.09.